The number of benzene rings is 1. The van der Waals surface area contributed by atoms with E-state index in [0.717, 1.165) is 22.0 Å². The van der Waals surface area contributed by atoms with Crippen molar-refractivity contribution in [2.75, 3.05) is 12.4 Å². The second-order valence-corrected chi connectivity index (χ2v) is 7.43. The summed E-state index contributed by atoms with van der Waals surface area (Å²) >= 11 is 0. The van der Waals surface area contributed by atoms with Gasteiger partial charge >= 0.3 is 5.97 Å². The van der Waals surface area contributed by atoms with Crippen LogP contribution in [-0.2, 0) is 21.4 Å². The lowest BCUT2D eigenvalue weighted by Gasteiger charge is -2.25. The first-order valence-corrected chi connectivity index (χ1v) is 9.68. The highest BCUT2D eigenvalue weighted by molar-refractivity contribution is 5.92. The maximum atomic E-state index is 12.6. The molecule has 150 valence electrons. The molecule has 0 atom stereocenters. The standard InChI is InChI=1S/C21H23N5O3/c1-26-12-17(11-23-26)15-7-8-16-10-22-21(24-18(16)9-15)25-19(27)13-3-5-14(6-4-13)20(28)29-2/h7-14H,3-6H2,1-2H3,(H,22,24,25,27)/t13-,14-. The summed E-state index contributed by atoms with van der Waals surface area (Å²) in [4.78, 5) is 33.1. The summed E-state index contributed by atoms with van der Waals surface area (Å²) in [6.45, 7) is 0. The number of nitrogens with zero attached hydrogens (tertiary/aromatic N) is 4. The minimum absolute atomic E-state index is 0.101. The number of carbonyl (C=O) groups is 2. The minimum Gasteiger partial charge on any atom is -0.469 e. The number of carbonyl (C=O) groups excluding carboxylic acids is 2. The summed E-state index contributed by atoms with van der Waals surface area (Å²) in [5.41, 5.74) is 2.76. The molecule has 0 saturated heterocycles. The summed E-state index contributed by atoms with van der Waals surface area (Å²) < 4.78 is 6.55. The number of amides is 1. The van der Waals surface area contributed by atoms with Gasteiger partial charge in [0.1, 0.15) is 0 Å². The van der Waals surface area contributed by atoms with Crippen LogP contribution in [0.2, 0.25) is 0 Å². The molecular weight excluding hydrogens is 370 g/mol. The average molecular weight is 393 g/mol. The summed E-state index contributed by atoms with van der Waals surface area (Å²) in [7, 11) is 3.27. The number of fused-ring (bicyclic) bond motifs is 1. The molecular formula is C21H23N5O3. The van der Waals surface area contributed by atoms with E-state index in [-0.39, 0.29) is 23.7 Å². The molecule has 0 unspecified atom stereocenters. The second-order valence-electron chi connectivity index (χ2n) is 7.43. The van der Waals surface area contributed by atoms with E-state index in [2.05, 4.69) is 20.4 Å². The SMILES string of the molecule is COC(=O)[C@H]1CC[C@H](C(=O)Nc2ncc3ccc(-c4cnn(C)c4)cc3n2)CC1. The van der Waals surface area contributed by atoms with Gasteiger partial charge in [-0.1, -0.05) is 12.1 Å². The van der Waals surface area contributed by atoms with E-state index in [1.807, 2.05) is 31.4 Å². The Bertz CT molecular complexity index is 1050. The van der Waals surface area contributed by atoms with Crippen LogP contribution in [0.15, 0.2) is 36.8 Å². The van der Waals surface area contributed by atoms with Crippen LogP contribution in [0.25, 0.3) is 22.0 Å². The molecule has 8 nitrogen and oxygen atoms in total. The molecule has 29 heavy (non-hydrogen) atoms. The van der Waals surface area contributed by atoms with Crippen LogP contribution < -0.4 is 5.32 Å². The van der Waals surface area contributed by atoms with E-state index in [4.69, 9.17) is 4.74 Å². The normalized spacial score (nSPS) is 19.1. The van der Waals surface area contributed by atoms with Gasteiger partial charge in [0.25, 0.3) is 0 Å². The number of ether oxygens (including phenoxy) is 1. The number of anilines is 1. The molecule has 2 aromatic heterocycles. The first kappa shape index (κ1) is 19.0. The molecule has 0 aliphatic heterocycles. The first-order chi connectivity index (χ1) is 14.0. The Balaban J connectivity index is 1.46. The quantitative estimate of drug-likeness (QED) is 0.684. The zero-order chi connectivity index (χ0) is 20.4. The van der Waals surface area contributed by atoms with E-state index in [1.54, 1.807) is 17.1 Å². The predicted octanol–water partition coefficient (Wildman–Crippen LogP) is 2.95. The van der Waals surface area contributed by atoms with Crippen molar-refractivity contribution in [3.63, 3.8) is 0 Å². The number of aryl methyl sites for hydroxylation is 1. The van der Waals surface area contributed by atoms with Gasteiger partial charge in [0.15, 0.2) is 0 Å². The van der Waals surface area contributed by atoms with Gasteiger partial charge in [0.05, 0.1) is 24.7 Å². The topological polar surface area (TPSA) is 99.0 Å². The van der Waals surface area contributed by atoms with Crippen LogP contribution in [0, 0.1) is 11.8 Å². The van der Waals surface area contributed by atoms with Crippen LogP contribution in [0.5, 0.6) is 0 Å². The first-order valence-electron chi connectivity index (χ1n) is 9.68. The van der Waals surface area contributed by atoms with Gasteiger partial charge < -0.3 is 4.74 Å². The van der Waals surface area contributed by atoms with Crippen molar-refractivity contribution in [2.24, 2.45) is 18.9 Å². The number of aromatic nitrogens is 4. The van der Waals surface area contributed by atoms with Crippen molar-refractivity contribution in [3.8, 4) is 11.1 Å². The molecule has 2 heterocycles. The Morgan fingerprint density at radius 3 is 2.55 bits per heavy atom. The van der Waals surface area contributed by atoms with Gasteiger partial charge in [0, 0.05) is 36.3 Å². The maximum absolute atomic E-state index is 12.6. The molecule has 4 rings (SSSR count). The number of methoxy groups -OCH3 is 1. The number of esters is 1. The summed E-state index contributed by atoms with van der Waals surface area (Å²) in [5, 5.41) is 7.93. The summed E-state index contributed by atoms with van der Waals surface area (Å²) in [6, 6.07) is 5.92. The Morgan fingerprint density at radius 1 is 1.10 bits per heavy atom. The molecule has 1 amide bonds. The van der Waals surface area contributed by atoms with Gasteiger partial charge in [0.2, 0.25) is 11.9 Å². The van der Waals surface area contributed by atoms with Crippen LogP contribution in [0.3, 0.4) is 0 Å². The van der Waals surface area contributed by atoms with E-state index in [1.165, 1.54) is 7.11 Å². The summed E-state index contributed by atoms with van der Waals surface area (Å²) in [6.07, 6.45) is 8.09. The van der Waals surface area contributed by atoms with Crippen LogP contribution >= 0.6 is 0 Å². The summed E-state index contributed by atoms with van der Waals surface area (Å²) in [5.74, 6) is -0.244. The number of hydrogen-bond acceptors (Lipinski definition) is 6. The Kier molecular flexibility index (Phi) is 5.24. The van der Waals surface area contributed by atoms with Gasteiger partial charge in [-0.3, -0.25) is 19.6 Å². The third-order valence-corrected chi connectivity index (χ3v) is 5.49. The monoisotopic (exact) mass is 393 g/mol. The van der Waals surface area contributed by atoms with Crippen LogP contribution in [0.1, 0.15) is 25.7 Å². The Morgan fingerprint density at radius 2 is 1.86 bits per heavy atom. The third kappa shape index (κ3) is 4.11. The molecule has 1 N–H and O–H groups in total. The number of nitrogens with one attached hydrogen (secondary N) is 1. The molecule has 1 aliphatic rings. The highest BCUT2D eigenvalue weighted by atomic mass is 16.5. The van der Waals surface area contributed by atoms with Crippen LogP contribution in [0.4, 0.5) is 5.95 Å². The average Bonchev–Trinajstić information content (AvgIpc) is 3.19. The fourth-order valence-corrected chi connectivity index (χ4v) is 3.80. The van der Waals surface area contributed by atoms with Crippen molar-refractivity contribution in [3.05, 3.63) is 36.8 Å². The smallest absolute Gasteiger partial charge is 0.308 e. The van der Waals surface area contributed by atoms with E-state index in [0.29, 0.717) is 31.6 Å². The van der Waals surface area contributed by atoms with E-state index >= 15 is 0 Å². The largest absolute Gasteiger partial charge is 0.469 e. The van der Waals surface area contributed by atoms with Gasteiger partial charge in [-0.05, 0) is 37.3 Å². The van der Waals surface area contributed by atoms with Crippen LogP contribution in [-0.4, -0.2) is 38.7 Å². The number of hydrogen-bond donors (Lipinski definition) is 1. The molecule has 1 fully saturated rings. The molecule has 8 heteroatoms. The lowest BCUT2D eigenvalue weighted by molar-refractivity contribution is -0.147. The molecule has 1 aromatic carbocycles. The molecule has 1 aliphatic carbocycles. The maximum Gasteiger partial charge on any atom is 0.308 e. The fraction of sp³-hybridized carbons (Fsp3) is 0.381. The molecule has 0 spiro atoms. The molecule has 3 aromatic rings. The zero-order valence-electron chi connectivity index (χ0n) is 16.5. The third-order valence-electron chi connectivity index (χ3n) is 5.49. The minimum atomic E-state index is -0.189. The number of rotatable bonds is 4. The lowest BCUT2D eigenvalue weighted by Crippen LogP contribution is -2.30. The van der Waals surface area contributed by atoms with E-state index in [9.17, 15) is 9.59 Å². The van der Waals surface area contributed by atoms with E-state index < -0.39 is 0 Å². The second kappa shape index (κ2) is 7.98. The van der Waals surface area contributed by atoms with Crippen molar-refractivity contribution in [2.45, 2.75) is 25.7 Å². The zero-order valence-corrected chi connectivity index (χ0v) is 16.5. The van der Waals surface area contributed by atoms with Crippen molar-refractivity contribution in [1.29, 1.82) is 0 Å². The lowest BCUT2D eigenvalue weighted by atomic mass is 9.81. The van der Waals surface area contributed by atoms with Crippen molar-refractivity contribution < 1.29 is 14.3 Å². The fourth-order valence-electron chi connectivity index (χ4n) is 3.80. The highest BCUT2D eigenvalue weighted by Gasteiger charge is 2.30. The molecule has 1 saturated carbocycles. The molecule has 0 bridgehead atoms. The Hall–Kier alpha value is -3.29. The van der Waals surface area contributed by atoms with Gasteiger partial charge in [-0.25, -0.2) is 9.97 Å². The Labute approximate surface area is 168 Å². The highest BCUT2D eigenvalue weighted by Crippen LogP contribution is 2.30. The van der Waals surface area contributed by atoms with Gasteiger partial charge in [-0.2, -0.15) is 5.10 Å². The molecule has 0 radical (unpaired) electrons. The van der Waals surface area contributed by atoms with Crippen molar-refractivity contribution >= 4 is 28.7 Å². The van der Waals surface area contributed by atoms with Gasteiger partial charge in [-0.15, -0.1) is 0 Å². The predicted molar refractivity (Wildman–Crippen MR) is 108 cm³/mol. The van der Waals surface area contributed by atoms with Crippen molar-refractivity contribution in [1.82, 2.24) is 19.7 Å².